The van der Waals surface area contributed by atoms with Gasteiger partial charge >= 0.3 is 29.8 Å². The third kappa shape index (κ3) is 8.31. The van der Waals surface area contributed by atoms with E-state index < -0.39 is 52.5 Å². The third-order valence-electron chi connectivity index (χ3n) is 7.57. The van der Waals surface area contributed by atoms with Gasteiger partial charge in [-0.1, -0.05) is 35.5 Å². The Kier molecular flexibility index (Phi) is 13.4. The van der Waals surface area contributed by atoms with Crippen molar-refractivity contribution in [2.45, 2.75) is 52.9 Å². The van der Waals surface area contributed by atoms with Gasteiger partial charge in [0.25, 0.3) is 5.95 Å². The van der Waals surface area contributed by atoms with Crippen LogP contribution < -0.4 is 0 Å². The first-order valence-corrected chi connectivity index (χ1v) is 14.2. The summed E-state index contributed by atoms with van der Waals surface area (Å²) in [5, 5.41) is 0. The van der Waals surface area contributed by atoms with E-state index in [0.29, 0.717) is 6.42 Å². The summed E-state index contributed by atoms with van der Waals surface area (Å²) >= 11 is 0. The summed E-state index contributed by atoms with van der Waals surface area (Å²) in [6.07, 6.45) is 9.35. The van der Waals surface area contributed by atoms with Crippen molar-refractivity contribution in [2.24, 2.45) is 11.3 Å². The zero-order chi connectivity index (χ0) is 33.9. The zero-order valence-corrected chi connectivity index (χ0v) is 27.3. The lowest BCUT2D eigenvalue weighted by molar-refractivity contribution is -0.149. The Hall–Kier alpha value is -4.61. The molecule has 1 aliphatic carbocycles. The second-order valence-electron chi connectivity index (χ2n) is 10.6. The molecule has 0 fully saturated rings. The summed E-state index contributed by atoms with van der Waals surface area (Å²) < 4.78 is 36.2. The van der Waals surface area contributed by atoms with E-state index in [1.807, 2.05) is 26.8 Å². The van der Waals surface area contributed by atoms with Crippen molar-refractivity contribution in [1.29, 1.82) is 0 Å². The molecule has 0 saturated heterocycles. The average Bonchev–Trinajstić information content (AvgIpc) is 3.04. The lowest BCUT2D eigenvalue weighted by Crippen LogP contribution is -2.41. The van der Waals surface area contributed by atoms with Crippen LogP contribution in [0.4, 0.5) is 0 Å². The molecule has 0 N–H and O–H groups in total. The highest BCUT2D eigenvalue weighted by atomic mass is 16.7. The summed E-state index contributed by atoms with van der Waals surface area (Å²) in [5.74, 6) is -7.14. The van der Waals surface area contributed by atoms with Crippen molar-refractivity contribution in [3.63, 3.8) is 0 Å². The maximum absolute atomic E-state index is 13.6. The van der Waals surface area contributed by atoms with Crippen molar-refractivity contribution in [2.75, 3.05) is 42.7 Å². The summed E-state index contributed by atoms with van der Waals surface area (Å²) in [4.78, 5) is 65.4. The summed E-state index contributed by atoms with van der Waals surface area (Å²) in [5.41, 5.74) is 0.516. The molecule has 2 rings (SSSR count). The van der Waals surface area contributed by atoms with Crippen molar-refractivity contribution in [3.8, 4) is 0 Å². The maximum Gasteiger partial charge on any atom is 0.374 e. The molecular weight excluding hydrogens is 588 g/mol. The minimum Gasteiger partial charge on any atom is -0.468 e. The largest absolute Gasteiger partial charge is 0.468 e. The van der Waals surface area contributed by atoms with Crippen LogP contribution in [0.3, 0.4) is 0 Å². The van der Waals surface area contributed by atoms with Gasteiger partial charge in [0.15, 0.2) is 0 Å². The van der Waals surface area contributed by atoms with E-state index in [1.165, 1.54) is 33.0 Å². The fourth-order valence-corrected chi connectivity index (χ4v) is 5.33. The molecule has 1 aliphatic heterocycles. The number of carbonyl (C=O) groups is 5. The minimum absolute atomic E-state index is 0.0370. The van der Waals surface area contributed by atoms with Crippen molar-refractivity contribution in [1.82, 2.24) is 0 Å². The van der Waals surface area contributed by atoms with Crippen molar-refractivity contribution >= 4 is 29.8 Å². The summed E-state index contributed by atoms with van der Waals surface area (Å²) in [7, 11) is 6.88. The predicted molar refractivity (Wildman–Crippen MR) is 161 cm³/mol. The first kappa shape index (κ1) is 36.6. The van der Waals surface area contributed by atoms with E-state index >= 15 is 0 Å². The van der Waals surface area contributed by atoms with Crippen LogP contribution in [0.25, 0.3) is 0 Å². The van der Waals surface area contributed by atoms with Gasteiger partial charge in [-0.15, -0.1) is 0 Å². The standard InChI is InChI=1S/C33H42O12/c1-19(2)12-10-13-20(3)14-11-16-33(17-15-21(27(34)39-4)22(18-33)28(35)40-5)25-23(29(36)41-6)24(30(37)42-7)26(31(38)43-8)45-32(25)44-9/h12,14-15,17,23H,10-11,13,16,18H2,1-9H3. The molecule has 0 saturated carbocycles. The lowest BCUT2D eigenvalue weighted by atomic mass is 9.63. The topological polar surface area (TPSA) is 150 Å². The number of hydrogen-bond donors (Lipinski definition) is 0. The first-order chi connectivity index (χ1) is 21.4. The molecule has 0 aromatic rings. The predicted octanol–water partition coefficient (Wildman–Crippen LogP) is 4.33. The number of hydrogen-bond acceptors (Lipinski definition) is 12. The van der Waals surface area contributed by atoms with Crippen LogP contribution >= 0.6 is 0 Å². The van der Waals surface area contributed by atoms with Crippen LogP contribution in [0.15, 0.2) is 69.4 Å². The molecule has 0 spiro atoms. The van der Waals surface area contributed by atoms with E-state index in [1.54, 1.807) is 6.08 Å². The van der Waals surface area contributed by atoms with Gasteiger partial charge in [0, 0.05) is 11.0 Å². The van der Waals surface area contributed by atoms with Gasteiger partial charge in [-0.2, -0.15) is 0 Å². The van der Waals surface area contributed by atoms with Gasteiger partial charge < -0.3 is 33.2 Å². The van der Waals surface area contributed by atoms with Gasteiger partial charge in [-0.3, -0.25) is 4.79 Å². The van der Waals surface area contributed by atoms with Crippen LogP contribution in [0.1, 0.15) is 52.9 Å². The molecule has 45 heavy (non-hydrogen) atoms. The van der Waals surface area contributed by atoms with Crippen LogP contribution in [-0.2, 0) is 57.1 Å². The molecule has 0 amide bonds. The zero-order valence-electron chi connectivity index (χ0n) is 27.3. The second kappa shape index (κ2) is 16.5. The van der Waals surface area contributed by atoms with Crippen LogP contribution in [0.2, 0.25) is 0 Å². The number of carbonyl (C=O) groups excluding carboxylic acids is 5. The normalized spacial score (nSPS) is 19.8. The number of ether oxygens (including phenoxy) is 7. The molecule has 0 aromatic heterocycles. The van der Waals surface area contributed by atoms with Gasteiger partial charge in [0.2, 0.25) is 5.76 Å². The molecule has 0 aromatic carbocycles. The minimum atomic E-state index is -1.59. The Bertz CT molecular complexity index is 1380. The highest BCUT2D eigenvalue weighted by Gasteiger charge is 2.53. The molecule has 2 unspecified atom stereocenters. The van der Waals surface area contributed by atoms with Crippen molar-refractivity contribution in [3.05, 3.63) is 69.4 Å². The number of rotatable bonds is 13. The van der Waals surface area contributed by atoms with E-state index in [4.69, 9.17) is 33.2 Å². The van der Waals surface area contributed by atoms with Crippen molar-refractivity contribution < 1.29 is 57.1 Å². The highest BCUT2D eigenvalue weighted by molar-refractivity contribution is 6.05. The van der Waals surface area contributed by atoms with E-state index in [-0.39, 0.29) is 35.5 Å². The maximum atomic E-state index is 13.6. The van der Waals surface area contributed by atoms with Gasteiger partial charge in [0.1, 0.15) is 11.5 Å². The molecular formula is C33H42O12. The van der Waals surface area contributed by atoms with Gasteiger partial charge in [-0.25, -0.2) is 19.2 Å². The van der Waals surface area contributed by atoms with Gasteiger partial charge in [-0.05, 0) is 52.9 Å². The van der Waals surface area contributed by atoms with Crippen LogP contribution in [-0.4, -0.2) is 72.5 Å². The number of allylic oxidation sites excluding steroid dienone is 5. The summed E-state index contributed by atoms with van der Waals surface area (Å²) in [6, 6.07) is 0. The van der Waals surface area contributed by atoms with Crippen LogP contribution in [0.5, 0.6) is 0 Å². The molecule has 1 heterocycles. The molecule has 12 heteroatoms. The fraction of sp³-hybridized carbons (Fsp3) is 0.485. The van der Waals surface area contributed by atoms with E-state index in [0.717, 1.165) is 39.7 Å². The Morgan fingerprint density at radius 3 is 1.98 bits per heavy atom. The van der Waals surface area contributed by atoms with E-state index in [2.05, 4.69) is 6.08 Å². The third-order valence-corrected chi connectivity index (χ3v) is 7.57. The molecule has 0 radical (unpaired) electrons. The smallest absolute Gasteiger partial charge is 0.374 e. The molecule has 2 aliphatic rings. The SMILES string of the molecule is COC(=O)C1=C(C(=O)OC)CC(CCC=C(C)CCC=C(C)C)(C2=C(OC)OC(C(=O)OC)=C(C(=O)OC)C2C(=O)OC)C=C1. The fourth-order valence-electron chi connectivity index (χ4n) is 5.33. The van der Waals surface area contributed by atoms with Crippen LogP contribution in [0, 0.1) is 11.3 Å². The van der Waals surface area contributed by atoms with E-state index in [9.17, 15) is 24.0 Å². The first-order valence-electron chi connectivity index (χ1n) is 14.2. The Labute approximate surface area is 263 Å². The number of methoxy groups -OCH3 is 6. The molecule has 12 nitrogen and oxygen atoms in total. The van der Waals surface area contributed by atoms with Gasteiger partial charge in [0.05, 0.1) is 53.8 Å². The number of esters is 5. The Morgan fingerprint density at radius 2 is 1.44 bits per heavy atom. The molecule has 0 bridgehead atoms. The second-order valence-corrected chi connectivity index (χ2v) is 10.6. The molecule has 246 valence electrons. The lowest BCUT2D eigenvalue weighted by Gasteiger charge is -2.41. The average molecular weight is 631 g/mol. The molecule has 2 atom stereocenters. The highest BCUT2D eigenvalue weighted by Crippen LogP contribution is 2.53. The summed E-state index contributed by atoms with van der Waals surface area (Å²) in [6.45, 7) is 6.06. The quantitative estimate of drug-likeness (QED) is 0.162. The monoisotopic (exact) mass is 630 g/mol. The Morgan fingerprint density at radius 1 is 0.822 bits per heavy atom. The Balaban J connectivity index is 2.90.